The van der Waals surface area contributed by atoms with Crippen molar-refractivity contribution in [2.45, 2.75) is 32.2 Å². The van der Waals surface area contributed by atoms with E-state index in [1.165, 1.54) is 6.92 Å². The lowest BCUT2D eigenvalue weighted by atomic mass is 10.00. The van der Waals surface area contributed by atoms with E-state index in [0.717, 1.165) is 24.2 Å². The van der Waals surface area contributed by atoms with Crippen LogP contribution < -0.4 is 11.3 Å². The Morgan fingerprint density at radius 1 is 1.38 bits per heavy atom. The molecule has 3 unspecified atom stereocenters. The molecule has 88 valence electrons. The van der Waals surface area contributed by atoms with Crippen LogP contribution in [0.4, 0.5) is 0 Å². The van der Waals surface area contributed by atoms with E-state index in [0.29, 0.717) is 0 Å². The Kier molecular flexibility index (Phi) is 2.67. The van der Waals surface area contributed by atoms with Crippen LogP contribution in [0.3, 0.4) is 0 Å². The standard InChI is InChI=1S/C10H15N3O3/c1-5(8(14)12-11)13-9(15)6-3-2-4-7(6)10(13)16/h5-7H,2-4,11H2,1H3,(H,12,14). The van der Waals surface area contributed by atoms with Crippen molar-refractivity contribution in [3.05, 3.63) is 0 Å². The average Bonchev–Trinajstić information content (AvgIpc) is 2.83. The Morgan fingerprint density at radius 3 is 2.31 bits per heavy atom. The summed E-state index contributed by atoms with van der Waals surface area (Å²) < 4.78 is 0. The molecular formula is C10H15N3O3. The number of rotatable bonds is 2. The van der Waals surface area contributed by atoms with E-state index in [4.69, 9.17) is 5.84 Å². The summed E-state index contributed by atoms with van der Waals surface area (Å²) in [5.41, 5.74) is 1.96. The number of nitrogens with zero attached hydrogens (tertiary/aromatic N) is 1. The van der Waals surface area contributed by atoms with Gasteiger partial charge in [0.05, 0.1) is 11.8 Å². The average molecular weight is 225 g/mol. The lowest BCUT2D eigenvalue weighted by Crippen LogP contribution is -2.50. The molecule has 0 aromatic rings. The first-order chi connectivity index (χ1) is 7.57. The SMILES string of the molecule is CC(C(=O)NN)N1C(=O)C2CCCC2C1=O. The molecule has 1 aliphatic carbocycles. The largest absolute Gasteiger partial charge is 0.292 e. The van der Waals surface area contributed by atoms with E-state index in [1.54, 1.807) is 0 Å². The van der Waals surface area contributed by atoms with Crippen molar-refractivity contribution in [1.82, 2.24) is 10.3 Å². The van der Waals surface area contributed by atoms with Gasteiger partial charge in [-0.25, -0.2) is 5.84 Å². The van der Waals surface area contributed by atoms with Gasteiger partial charge in [-0.15, -0.1) is 0 Å². The maximum absolute atomic E-state index is 11.9. The van der Waals surface area contributed by atoms with Gasteiger partial charge in [0.25, 0.3) is 5.91 Å². The fourth-order valence-electron chi connectivity index (χ4n) is 2.64. The summed E-state index contributed by atoms with van der Waals surface area (Å²) in [4.78, 5) is 36.3. The second-order valence-corrected chi connectivity index (χ2v) is 4.37. The molecule has 16 heavy (non-hydrogen) atoms. The van der Waals surface area contributed by atoms with Crippen LogP contribution >= 0.6 is 0 Å². The number of likely N-dealkylation sites (tertiary alicyclic amines) is 1. The molecule has 1 saturated carbocycles. The summed E-state index contributed by atoms with van der Waals surface area (Å²) in [7, 11) is 0. The fraction of sp³-hybridized carbons (Fsp3) is 0.700. The molecule has 2 aliphatic rings. The third-order valence-corrected chi connectivity index (χ3v) is 3.53. The van der Waals surface area contributed by atoms with Gasteiger partial charge in [0.1, 0.15) is 6.04 Å². The molecule has 3 amide bonds. The zero-order chi connectivity index (χ0) is 11.9. The van der Waals surface area contributed by atoms with Gasteiger partial charge in [-0.05, 0) is 19.8 Å². The highest BCUT2D eigenvalue weighted by molar-refractivity contribution is 6.08. The van der Waals surface area contributed by atoms with Crippen molar-refractivity contribution in [1.29, 1.82) is 0 Å². The van der Waals surface area contributed by atoms with Crippen molar-refractivity contribution in [2.24, 2.45) is 17.7 Å². The molecule has 6 nitrogen and oxygen atoms in total. The molecule has 0 aromatic heterocycles. The van der Waals surface area contributed by atoms with Gasteiger partial charge in [-0.2, -0.15) is 0 Å². The number of carbonyl (C=O) groups is 3. The number of imide groups is 1. The summed E-state index contributed by atoms with van der Waals surface area (Å²) >= 11 is 0. The maximum Gasteiger partial charge on any atom is 0.256 e. The van der Waals surface area contributed by atoms with E-state index in [-0.39, 0.29) is 23.7 Å². The van der Waals surface area contributed by atoms with Gasteiger partial charge in [-0.1, -0.05) is 6.42 Å². The topological polar surface area (TPSA) is 92.5 Å². The summed E-state index contributed by atoms with van der Waals surface area (Å²) in [5, 5.41) is 0. The van der Waals surface area contributed by atoms with Crippen LogP contribution in [0.15, 0.2) is 0 Å². The van der Waals surface area contributed by atoms with Crippen LogP contribution in [0.1, 0.15) is 26.2 Å². The highest BCUT2D eigenvalue weighted by Crippen LogP contribution is 2.40. The van der Waals surface area contributed by atoms with E-state index in [2.05, 4.69) is 0 Å². The number of amides is 3. The maximum atomic E-state index is 11.9. The second-order valence-electron chi connectivity index (χ2n) is 4.37. The zero-order valence-electron chi connectivity index (χ0n) is 9.10. The van der Waals surface area contributed by atoms with Gasteiger partial charge in [0, 0.05) is 0 Å². The number of nitrogens with two attached hydrogens (primary N) is 1. The predicted octanol–water partition coefficient (Wildman–Crippen LogP) is -0.850. The third kappa shape index (κ3) is 1.41. The Bertz CT molecular complexity index is 333. The first kappa shape index (κ1) is 11.1. The first-order valence-corrected chi connectivity index (χ1v) is 5.45. The summed E-state index contributed by atoms with van der Waals surface area (Å²) in [5.74, 6) is 3.63. The quantitative estimate of drug-likeness (QED) is 0.277. The fourth-order valence-corrected chi connectivity index (χ4v) is 2.64. The molecule has 0 spiro atoms. The van der Waals surface area contributed by atoms with Crippen LogP contribution in [-0.4, -0.2) is 28.7 Å². The molecule has 1 heterocycles. The molecule has 3 N–H and O–H groups in total. The van der Waals surface area contributed by atoms with Gasteiger partial charge < -0.3 is 0 Å². The van der Waals surface area contributed by atoms with Crippen LogP contribution in [0.25, 0.3) is 0 Å². The van der Waals surface area contributed by atoms with Crippen molar-refractivity contribution >= 4 is 17.7 Å². The van der Waals surface area contributed by atoms with E-state index in [1.807, 2.05) is 5.43 Å². The monoisotopic (exact) mass is 225 g/mol. The zero-order valence-corrected chi connectivity index (χ0v) is 9.10. The number of hydrogen-bond donors (Lipinski definition) is 2. The summed E-state index contributed by atoms with van der Waals surface area (Å²) in [6.07, 6.45) is 2.42. The Balaban J connectivity index is 2.20. The highest BCUT2D eigenvalue weighted by Gasteiger charge is 2.52. The Labute approximate surface area is 93.1 Å². The van der Waals surface area contributed by atoms with Crippen molar-refractivity contribution < 1.29 is 14.4 Å². The molecule has 3 atom stereocenters. The number of nitrogens with one attached hydrogen (secondary N) is 1. The molecule has 1 aliphatic heterocycles. The van der Waals surface area contributed by atoms with E-state index >= 15 is 0 Å². The van der Waals surface area contributed by atoms with E-state index in [9.17, 15) is 14.4 Å². The van der Waals surface area contributed by atoms with Gasteiger partial charge in [0.2, 0.25) is 11.8 Å². The minimum absolute atomic E-state index is 0.208. The van der Waals surface area contributed by atoms with Crippen LogP contribution in [-0.2, 0) is 14.4 Å². The number of carbonyl (C=O) groups excluding carboxylic acids is 3. The molecule has 0 aromatic carbocycles. The third-order valence-electron chi connectivity index (χ3n) is 3.53. The van der Waals surface area contributed by atoms with E-state index < -0.39 is 11.9 Å². The molecular weight excluding hydrogens is 210 g/mol. The number of fused-ring (bicyclic) bond motifs is 1. The summed E-state index contributed by atoms with van der Waals surface area (Å²) in [6.45, 7) is 1.51. The predicted molar refractivity (Wildman–Crippen MR) is 54.5 cm³/mol. The van der Waals surface area contributed by atoms with Crippen molar-refractivity contribution in [3.8, 4) is 0 Å². The molecule has 2 fully saturated rings. The van der Waals surface area contributed by atoms with Crippen LogP contribution in [0, 0.1) is 11.8 Å². The number of hydrazine groups is 1. The molecule has 6 heteroatoms. The molecule has 1 saturated heterocycles. The minimum Gasteiger partial charge on any atom is -0.292 e. The minimum atomic E-state index is -0.810. The smallest absolute Gasteiger partial charge is 0.256 e. The number of hydrogen-bond acceptors (Lipinski definition) is 4. The Hall–Kier alpha value is -1.43. The Morgan fingerprint density at radius 2 is 1.88 bits per heavy atom. The first-order valence-electron chi connectivity index (χ1n) is 5.45. The van der Waals surface area contributed by atoms with Crippen molar-refractivity contribution in [3.63, 3.8) is 0 Å². The van der Waals surface area contributed by atoms with Gasteiger partial charge in [0.15, 0.2) is 0 Å². The molecule has 0 radical (unpaired) electrons. The van der Waals surface area contributed by atoms with Gasteiger partial charge in [-0.3, -0.25) is 24.7 Å². The lowest BCUT2D eigenvalue weighted by Gasteiger charge is -2.21. The van der Waals surface area contributed by atoms with Crippen LogP contribution in [0.2, 0.25) is 0 Å². The highest BCUT2D eigenvalue weighted by atomic mass is 16.2. The van der Waals surface area contributed by atoms with Crippen molar-refractivity contribution in [2.75, 3.05) is 0 Å². The summed E-state index contributed by atoms with van der Waals surface area (Å²) in [6, 6.07) is -0.810. The molecule has 2 rings (SSSR count). The second kappa shape index (κ2) is 3.86. The normalized spacial score (nSPS) is 30.5. The van der Waals surface area contributed by atoms with Crippen LogP contribution in [0.5, 0.6) is 0 Å². The lowest BCUT2D eigenvalue weighted by molar-refractivity contribution is -0.147. The van der Waals surface area contributed by atoms with Gasteiger partial charge >= 0.3 is 0 Å². The molecule has 0 bridgehead atoms.